The van der Waals surface area contributed by atoms with E-state index in [1.165, 1.54) is 5.56 Å². The number of benzene rings is 2. The Bertz CT molecular complexity index is 1180. The number of fused-ring (bicyclic) bond motifs is 1. The van der Waals surface area contributed by atoms with E-state index in [1.54, 1.807) is 43.4 Å². The number of pyridine rings is 1. The standard InChI is InChI=1S/C27H27FN2O3S/c1-31-27(8-12-32-13-9-27)21-15-22(28)17-24(16-21)34-23-3-4-25-20(14-23)2-5-26(25)30-33-18-19-6-10-29-11-7-19/h3-4,6-7,10-11,14-17H,2,5,8-9,12-13,18H2,1H3/b30-26+. The summed E-state index contributed by atoms with van der Waals surface area (Å²) >= 11 is 1.57. The molecule has 2 aliphatic rings. The molecule has 2 heterocycles. The van der Waals surface area contributed by atoms with Crippen LogP contribution in [0.4, 0.5) is 4.39 Å². The molecule has 1 saturated heterocycles. The van der Waals surface area contributed by atoms with Gasteiger partial charge in [0.15, 0.2) is 0 Å². The summed E-state index contributed by atoms with van der Waals surface area (Å²) in [5.41, 5.74) is 4.76. The van der Waals surface area contributed by atoms with Crippen LogP contribution >= 0.6 is 11.8 Å². The minimum absolute atomic E-state index is 0.246. The summed E-state index contributed by atoms with van der Waals surface area (Å²) in [6.07, 6.45) is 6.71. The zero-order chi connectivity index (χ0) is 23.4. The monoisotopic (exact) mass is 478 g/mol. The number of aromatic nitrogens is 1. The van der Waals surface area contributed by atoms with Crippen LogP contribution < -0.4 is 0 Å². The van der Waals surface area contributed by atoms with E-state index in [4.69, 9.17) is 14.3 Å². The van der Waals surface area contributed by atoms with E-state index in [0.717, 1.165) is 57.9 Å². The zero-order valence-electron chi connectivity index (χ0n) is 19.1. The van der Waals surface area contributed by atoms with Crippen molar-refractivity contribution < 1.29 is 18.7 Å². The third-order valence-electron chi connectivity index (χ3n) is 6.50. The van der Waals surface area contributed by atoms with Crippen LogP contribution in [0.5, 0.6) is 0 Å². The number of aryl methyl sites for hydroxylation is 1. The topological polar surface area (TPSA) is 52.9 Å². The Kier molecular flexibility index (Phi) is 6.94. The Balaban J connectivity index is 1.31. The molecular weight excluding hydrogens is 451 g/mol. The molecule has 1 fully saturated rings. The van der Waals surface area contributed by atoms with Crippen molar-refractivity contribution in [1.29, 1.82) is 0 Å². The lowest BCUT2D eigenvalue weighted by Gasteiger charge is -2.36. The summed E-state index contributed by atoms with van der Waals surface area (Å²) in [4.78, 5) is 11.5. The van der Waals surface area contributed by atoms with Crippen LogP contribution in [-0.4, -0.2) is 31.0 Å². The minimum Gasteiger partial charge on any atom is -0.391 e. The molecule has 0 amide bonds. The number of halogens is 1. The van der Waals surface area contributed by atoms with E-state index in [9.17, 15) is 4.39 Å². The third-order valence-corrected chi connectivity index (χ3v) is 7.46. The first-order valence-corrected chi connectivity index (χ1v) is 12.3. The molecule has 0 saturated carbocycles. The first-order chi connectivity index (χ1) is 16.6. The van der Waals surface area contributed by atoms with Crippen molar-refractivity contribution >= 4 is 17.5 Å². The quantitative estimate of drug-likeness (QED) is 0.396. The van der Waals surface area contributed by atoms with E-state index in [2.05, 4.69) is 34.4 Å². The minimum atomic E-state index is -0.491. The van der Waals surface area contributed by atoms with E-state index in [-0.39, 0.29) is 5.82 Å². The van der Waals surface area contributed by atoms with Gasteiger partial charge in [-0.25, -0.2) is 4.39 Å². The maximum Gasteiger partial charge on any atom is 0.142 e. The lowest BCUT2D eigenvalue weighted by Crippen LogP contribution is -2.35. The average Bonchev–Trinajstić information content (AvgIpc) is 3.27. The number of hydrogen-bond donors (Lipinski definition) is 0. The highest BCUT2D eigenvalue weighted by molar-refractivity contribution is 7.99. The Morgan fingerprint density at radius 1 is 1.03 bits per heavy atom. The van der Waals surface area contributed by atoms with E-state index >= 15 is 0 Å². The van der Waals surface area contributed by atoms with Gasteiger partial charge in [0.1, 0.15) is 12.4 Å². The second-order valence-corrected chi connectivity index (χ2v) is 9.72. The van der Waals surface area contributed by atoms with Gasteiger partial charge in [-0.3, -0.25) is 4.98 Å². The average molecular weight is 479 g/mol. The molecule has 5 nitrogen and oxygen atoms in total. The molecule has 0 spiro atoms. The van der Waals surface area contributed by atoms with Crippen molar-refractivity contribution in [2.75, 3.05) is 20.3 Å². The molecule has 1 aliphatic carbocycles. The normalized spacial score (nSPS) is 18.1. The van der Waals surface area contributed by atoms with Crippen LogP contribution in [0.15, 0.2) is 75.9 Å². The molecule has 3 aromatic rings. The van der Waals surface area contributed by atoms with Gasteiger partial charge >= 0.3 is 0 Å². The van der Waals surface area contributed by atoms with Crippen LogP contribution in [0.1, 0.15) is 41.5 Å². The lowest BCUT2D eigenvalue weighted by atomic mass is 9.86. The maximum absolute atomic E-state index is 14.6. The highest BCUT2D eigenvalue weighted by Crippen LogP contribution is 2.39. The molecule has 176 valence electrons. The van der Waals surface area contributed by atoms with Gasteiger partial charge in [0.2, 0.25) is 0 Å². The van der Waals surface area contributed by atoms with Crippen molar-refractivity contribution in [1.82, 2.24) is 4.98 Å². The van der Waals surface area contributed by atoms with Crippen LogP contribution in [0.3, 0.4) is 0 Å². The molecule has 0 radical (unpaired) electrons. The molecule has 0 unspecified atom stereocenters. The van der Waals surface area contributed by atoms with Gasteiger partial charge in [-0.05, 0) is 72.0 Å². The predicted molar refractivity (Wildman–Crippen MR) is 130 cm³/mol. The Morgan fingerprint density at radius 2 is 1.85 bits per heavy atom. The van der Waals surface area contributed by atoms with Crippen LogP contribution in [0.25, 0.3) is 0 Å². The molecule has 1 aromatic heterocycles. The molecule has 1 aliphatic heterocycles. The van der Waals surface area contributed by atoms with E-state index in [1.807, 2.05) is 12.1 Å². The fraction of sp³-hybridized carbons (Fsp3) is 0.333. The van der Waals surface area contributed by atoms with Crippen molar-refractivity contribution in [2.45, 2.75) is 47.7 Å². The van der Waals surface area contributed by atoms with Crippen LogP contribution in [0.2, 0.25) is 0 Å². The van der Waals surface area contributed by atoms with Crippen molar-refractivity contribution in [3.05, 3.63) is 89.0 Å². The summed E-state index contributed by atoms with van der Waals surface area (Å²) in [6.45, 7) is 1.66. The van der Waals surface area contributed by atoms with Gasteiger partial charge in [-0.2, -0.15) is 0 Å². The fourth-order valence-corrected chi connectivity index (χ4v) is 5.57. The van der Waals surface area contributed by atoms with Crippen molar-refractivity contribution in [3.8, 4) is 0 Å². The second-order valence-electron chi connectivity index (χ2n) is 8.57. The summed E-state index contributed by atoms with van der Waals surface area (Å²) in [5.74, 6) is -0.246. The molecule has 34 heavy (non-hydrogen) atoms. The Morgan fingerprint density at radius 3 is 2.65 bits per heavy atom. The molecule has 0 bridgehead atoms. The van der Waals surface area contributed by atoms with Gasteiger partial charge in [-0.1, -0.05) is 23.0 Å². The van der Waals surface area contributed by atoms with E-state index in [0.29, 0.717) is 19.8 Å². The largest absolute Gasteiger partial charge is 0.391 e. The molecular formula is C27H27FN2O3S. The smallest absolute Gasteiger partial charge is 0.142 e. The number of oxime groups is 1. The SMILES string of the molecule is COC1(c2cc(F)cc(Sc3ccc4c(c3)CC/C4=N\OCc3ccncc3)c2)CCOCC1. The summed E-state index contributed by atoms with van der Waals surface area (Å²) in [5, 5.41) is 4.38. The number of ether oxygens (including phenoxy) is 2. The number of nitrogens with zero attached hydrogens (tertiary/aromatic N) is 2. The highest BCUT2D eigenvalue weighted by atomic mass is 32.2. The summed E-state index contributed by atoms with van der Waals surface area (Å²) < 4.78 is 25.9. The van der Waals surface area contributed by atoms with Gasteiger partial charge < -0.3 is 14.3 Å². The number of hydrogen-bond acceptors (Lipinski definition) is 6. The Hall–Kier alpha value is -2.74. The summed E-state index contributed by atoms with van der Waals surface area (Å²) in [7, 11) is 1.70. The van der Waals surface area contributed by atoms with Gasteiger partial charge in [0.25, 0.3) is 0 Å². The second kappa shape index (κ2) is 10.3. The first-order valence-electron chi connectivity index (χ1n) is 11.5. The molecule has 0 N–H and O–H groups in total. The van der Waals surface area contributed by atoms with Gasteiger partial charge in [0, 0.05) is 60.9 Å². The Labute approximate surface area is 203 Å². The molecule has 0 atom stereocenters. The number of rotatable bonds is 7. The van der Waals surface area contributed by atoms with Crippen molar-refractivity contribution in [2.24, 2.45) is 5.16 Å². The molecule has 5 rings (SSSR count). The van der Waals surface area contributed by atoms with Crippen molar-refractivity contribution in [3.63, 3.8) is 0 Å². The summed E-state index contributed by atoms with van der Waals surface area (Å²) in [6, 6.07) is 15.4. The highest BCUT2D eigenvalue weighted by Gasteiger charge is 2.35. The third kappa shape index (κ3) is 5.02. The van der Waals surface area contributed by atoms with Gasteiger partial charge in [-0.15, -0.1) is 0 Å². The first kappa shape index (κ1) is 23.0. The van der Waals surface area contributed by atoms with Crippen LogP contribution in [0, 0.1) is 5.82 Å². The predicted octanol–water partition coefficient (Wildman–Crippen LogP) is 5.89. The fourth-order valence-electron chi connectivity index (χ4n) is 4.60. The lowest BCUT2D eigenvalue weighted by molar-refractivity contribution is -0.0950. The van der Waals surface area contributed by atoms with E-state index < -0.39 is 5.60 Å². The maximum atomic E-state index is 14.6. The van der Waals surface area contributed by atoms with Gasteiger partial charge in [0.05, 0.1) is 11.3 Å². The molecule has 2 aromatic carbocycles. The number of methoxy groups -OCH3 is 1. The molecule has 7 heteroatoms. The zero-order valence-corrected chi connectivity index (χ0v) is 19.9. The van der Waals surface area contributed by atoms with Crippen LogP contribution in [-0.2, 0) is 32.9 Å².